The standard InChI is InChI=1S/C11H22N2O/c1-8(2)13-7-10(3,4)12-11(5,6)9(13)14/h8,12H,7H2,1-6H3. The summed E-state index contributed by atoms with van der Waals surface area (Å²) in [5.74, 6) is 0.201. The molecule has 0 bridgehead atoms. The first-order valence-corrected chi connectivity index (χ1v) is 5.26. The molecule has 0 spiro atoms. The highest BCUT2D eigenvalue weighted by atomic mass is 16.2. The molecule has 3 heteroatoms. The summed E-state index contributed by atoms with van der Waals surface area (Å²) in [6, 6.07) is 0.281. The van der Waals surface area contributed by atoms with Gasteiger partial charge in [-0.15, -0.1) is 0 Å². The lowest BCUT2D eigenvalue weighted by Crippen LogP contribution is -2.70. The molecule has 0 aliphatic carbocycles. The van der Waals surface area contributed by atoms with Crippen LogP contribution in [-0.4, -0.2) is 34.5 Å². The first kappa shape index (κ1) is 11.5. The Labute approximate surface area is 86.9 Å². The van der Waals surface area contributed by atoms with Crippen LogP contribution in [0.5, 0.6) is 0 Å². The van der Waals surface area contributed by atoms with Crippen LogP contribution in [0, 0.1) is 0 Å². The minimum atomic E-state index is -0.438. The smallest absolute Gasteiger partial charge is 0.242 e. The summed E-state index contributed by atoms with van der Waals surface area (Å²) in [5.41, 5.74) is -0.437. The number of carbonyl (C=O) groups excluding carboxylic acids is 1. The highest BCUT2D eigenvalue weighted by molar-refractivity contribution is 5.86. The summed E-state index contributed by atoms with van der Waals surface area (Å²) in [4.78, 5) is 14.0. The molecule has 0 aromatic heterocycles. The van der Waals surface area contributed by atoms with Crippen molar-refractivity contribution in [2.45, 2.75) is 58.7 Å². The number of hydrogen-bond acceptors (Lipinski definition) is 2. The second-order valence-corrected chi connectivity index (χ2v) is 5.66. The van der Waals surface area contributed by atoms with Crippen LogP contribution in [0.1, 0.15) is 41.5 Å². The first-order valence-electron chi connectivity index (χ1n) is 5.26. The molecule has 0 aromatic carbocycles. The molecule has 1 rings (SSSR count). The first-order chi connectivity index (χ1) is 6.16. The van der Waals surface area contributed by atoms with E-state index in [2.05, 4.69) is 33.0 Å². The Balaban J connectivity index is 2.94. The molecule has 0 saturated carbocycles. The van der Waals surface area contributed by atoms with Gasteiger partial charge in [-0.2, -0.15) is 0 Å². The number of piperazine rings is 1. The summed E-state index contributed by atoms with van der Waals surface area (Å²) in [6.07, 6.45) is 0. The molecule has 1 saturated heterocycles. The van der Waals surface area contributed by atoms with E-state index in [9.17, 15) is 4.79 Å². The van der Waals surface area contributed by atoms with E-state index in [1.807, 2.05) is 18.7 Å². The van der Waals surface area contributed by atoms with Crippen LogP contribution < -0.4 is 5.32 Å². The monoisotopic (exact) mass is 198 g/mol. The van der Waals surface area contributed by atoms with Crippen LogP contribution in [0.3, 0.4) is 0 Å². The zero-order valence-corrected chi connectivity index (χ0v) is 10.1. The third-order valence-corrected chi connectivity index (χ3v) is 2.64. The fourth-order valence-electron chi connectivity index (χ4n) is 2.21. The van der Waals surface area contributed by atoms with Crippen molar-refractivity contribution in [3.05, 3.63) is 0 Å². The van der Waals surface area contributed by atoms with Crippen molar-refractivity contribution in [2.75, 3.05) is 6.54 Å². The lowest BCUT2D eigenvalue weighted by molar-refractivity contribution is -0.145. The molecular weight excluding hydrogens is 176 g/mol. The van der Waals surface area contributed by atoms with Gasteiger partial charge in [0, 0.05) is 18.1 Å². The third kappa shape index (κ3) is 2.08. The average Bonchev–Trinajstić information content (AvgIpc) is 1.94. The van der Waals surface area contributed by atoms with Gasteiger partial charge in [0.25, 0.3) is 0 Å². The van der Waals surface area contributed by atoms with Crippen molar-refractivity contribution in [2.24, 2.45) is 0 Å². The summed E-state index contributed by atoms with van der Waals surface area (Å²) in [5, 5.41) is 3.38. The second kappa shape index (κ2) is 3.23. The Hall–Kier alpha value is -0.570. The van der Waals surface area contributed by atoms with Gasteiger partial charge in [0.2, 0.25) is 5.91 Å². The number of nitrogens with zero attached hydrogens (tertiary/aromatic N) is 1. The quantitative estimate of drug-likeness (QED) is 0.690. The van der Waals surface area contributed by atoms with E-state index in [-0.39, 0.29) is 17.5 Å². The second-order valence-electron chi connectivity index (χ2n) is 5.66. The number of rotatable bonds is 1. The predicted molar refractivity (Wildman–Crippen MR) is 58.1 cm³/mol. The van der Waals surface area contributed by atoms with E-state index in [0.717, 1.165) is 6.54 Å². The summed E-state index contributed by atoms with van der Waals surface area (Å²) >= 11 is 0. The van der Waals surface area contributed by atoms with Crippen LogP contribution in [0.4, 0.5) is 0 Å². The Morgan fingerprint density at radius 1 is 1.29 bits per heavy atom. The van der Waals surface area contributed by atoms with Gasteiger partial charge in [-0.05, 0) is 41.5 Å². The largest absolute Gasteiger partial charge is 0.337 e. The van der Waals surface area contributed by atoms with Crippen molar-refractivity contribution in [1.29, 1.82) is 0 Å². The molecule has 1 aliphatic heterocycles. The maximum atomic E-state index is 12.0. The van der Waals surface area contributed by atoms with Crippen molar-refractivity contribution in [3.8, 4) is 0 Å². The molecule has 1 N–H and O–H groups in total. The molecule has 1 fully saturated rings. The Morgan fingerprint density at radius 2 is 1.79 bits per heavy atom. The van der Waals surface area contributed by atoms with Crippen molar-refractivity contribution in [3.63, 3.8) is 0 Å². The van der Waals surface area contributed by atoms with Gasteiger partial charge >= 0.3 is 0 Å². The van der Waals surface area contributed by atoms with Crippen LogP contribution in [0.15, 0.2) is 0 Å². The van der Waals surface area contributed by atoms with E-state index < -0.39 is 5.54 Å². The SMILES string of the molecule is CC(C)N1CC(C)(C)NC(C)(C)C1=O. The van der Waals surface area contributed by atoms with Crippen molar-refractivity contribution >= 4 is 5.91 Å². The summed E-state index contributed by atoms with van der Waals surface area (Å²) in [6.45, 7) is 13.1. The Bertz CT molecular complexity index is 244. The van der Waals surface area contributed by atoms with E-state index in [4.69, 9.17) is 0 Å². The predicted octanol–water partition coefficient (Wildman–Crippen LogP) is 1.38. The van der Waals surface area contributed by atoms with Gasteiger partial charge in [0.1, 0.15) is 0 Å². The van der Waals surface area contributed by atoms with E-state index in [1.165, 1.54) is 0 Å². The molecule has 0 aromatic rings. The minimum Gasteiger partial charge on any atom is -0.337 e. The average molecular weight is 198 g/mol. The number of hydrogen-bond donors (Lipinski definition) is 1. The Morgan fingerprint density at radius 3 is 2.21 bits per heavy atom. The fourth-order valence-corrected chi connectivity index (χ4v) is 2.21. The van der Waals surface area contributed by atoms with Gasteiger partial charge in [-0.25, -0.2) is 0 Å². The molecule has 1 amide bonds. The lowest BCUT2D eigenvalue weighted by atomic mass is 9.90. The van der Waals surface area contributed by atoms with Gasteiger partial charge < -0.3 is 4.90 Å². The van der Waals surface area contributed by atoms with Crippen molar-refractivity contribution in [1.82, 2.24) is 10.2 Å². The molecule has 0 radical (unpaired) electrons. The highest BCUT2D eigenvalue weighted by Crippen LogP contribution is 2.23. The maximum Gasteiger partial charge on any atom is 0.242 e. The normalized spacial score (nSPS) is 25.6. The van der Waals surface area contributed by atoms with E-state index >= 15 is 0 Å². The number of amides is 1. The fraction of sp³-hybridized carbons (Fsp3) is 0.909. The molecule has 0 unspecified atom stereocenters. The number of carbonyl (C=O) groups is 1. The molecule has 0 atom stereocenters. The molecular formula is C11H22N2O. The van der Waals surface area contributed by atoms with Crippen LogP contribution in [-0.2, 0) is 4.79 Å². The zero-order valence-electron chi connectivity index (χ0n) is 10.1. The highest BCUT2D eigenvalue weighted by Gasteiger charge is 2.43. The Kier molecular flexibility index (Phi) is 2.65. The van der Waals surface area contributed by atoms with Gasteiger partial charge in [0.05, 0.1) is 5.54 Å². The molecule has 1 heterocycles. The zero-order chi connectivity index (χ0) is 11.1. The van der Waals surface area contributed by atoms with Crippen LogP contribution in [0.25, 0.3) is 0 Å². The molecule has 1 aliphatic rings. The van der Waals surface area contributed by atoms with Crippen molar-refractivity contribution < 1.29 is 4.79 Å². The lowest BCUT2D eigenvalue weighted by Gasteiger charge is -2.48. The third-order valence-electron chi connectivity index (χ3n) is 2.64. The van der Waals surface area contributed by atoms with E-state index in [0.29, 0.717) is 0 Å². The van der Waals surface area contributed by atoms with Gasteiger partial charge in [-0.3, -0.25) is 10.1 Å². The van der Waals surface area contributed by atoms with Crippen LogP contribution in [0.2, 0.25) is 0 Å². The molecule has 82 valence electrons. The topological polar surface area (TPSA) is 32.3 Å². The van der Waals surface area contributed by atoms with Crippen LogP contribution >= 0.6 is 0 Å². The van der Waals surface area contributed by atoms with E-state index in [1.54, 1.807) is 0 Å². The summed E-state index contributed by atoms with van der Waals surface area (Å²) in [7, 11) is 0. The maximum absolute atomic E-state index is 12.0. The molecule has 14 heavy (non-hydrogen) atoms. The molecule has 3 nitrogen and oxygen atoms in total. The number of nitrogens with one attached hydrogen (secondary N) is 1. The van der Waals surface area contributed by atoms with Gasteiger partial charge in [0.15, 0.2) is 0 Å². The summed E-state index contributed by atoms with van der Waals surface area (Å²) < 4.78 is 0. The minimum absolute atomic E-state index is 0.00167. The van der Waals surface area contributed by atoms with Gasteiger partial charge in [-0.1, -0.05) is 0 Å².